The zero-order valence-corrected chi connectivity index (χ0v) is 10.1. The van der Waals surface area contributed by atoms with Crippen molar-refractivity contribution in [2.24, 2.45) is 0 Å². The van der Waals surface area contributed by atoms with Crippen molar-refractivity contribution in [3.63, 3.8) is 0 Å². The third-order valence-corrected chi connectivity index (χ3v) is 3.60. The van der Waals surface area contributed by atoms with Crippen LogP contribution in [0.25, 0.3) is 0 Å². The van der Waals surface area contributed by atoms with Crippen LogP contribution >= 0.6 is 56.5 Å². The van der Waals surface area contributed by atoms with Crippen LogP contribution in [0.15, 0.2) is 12.1 Å². The van der Waals surface area contributed by atoms with Crippen LogP contribution in [-0.4, -0.2) is 10.2 Å². The molecule has 0 atom stereocenters. The normalized spacial score (nSPS) is 9.80. The summed E-state index contributed by atoms with van der Waals surface area (Å²) in [5.41, 5.74) is 0. The molecule has 54 valence electrons. The van der Waals surface area contributed by atoms with Crippen LogP contribution in [0.3, 0.4) is 0 Å². The number of carbonyl (C=O) groups excluding carboxylic acids is 1. The third kappa shape index (κ3) is 2.16. The van der Waals surface area contributed by atoms with Crippen LogP contribution < -0.4 is 0 Å². The van der Waals surface area contributed by atoms with E-state index in [1.807, 2.05) is 12.1 Å². The maximum absolute atomic E-state index is 11.0. The van der Waals surface area contributed by atoms with Crippen molar-refractivity contribution in [1.29, 1.82) is 0 Å². The molecule has 0 radical (unpaired) electrons. The van der Waals surface area contributed by atoms with Gasteiger partial charge in [0.2, 0.25) is 0 Å². The fraction of sp³-hybridized carbons (Fsp3) is 0.167. The molecule has 0 unspecified atom stereocenters. The monoisotopic (exact) mass is 378 g/mol. The minimum Gasteiger partial charge on any atom is -0.292 e. The minimum atomic E-state index is 0.230. The van der Waals surface area contributed by atoms with Crippen molar-refractivity contribution in [1.82, 2.24) is 0 Å². The van der Waals surface area contributed by atoms with Crippen LogP contribution in [0.5, 0.6) is 0 Å². The molecule has 0 aromatic carbocycles. The number of halogens is 2. The summed E-state index contributed by atoms with van der Waals surface area (Å²) in [6.07, 6.45) is 0. The fourth-order valence-electron chi connectivity index (χ4n) is 0.530. The van der Waals surface area contributed by atoms with Gasteiger partial charge in [-0.25, -0.2) is 0 Å². The van der Waals surface area contributed by atoms with E-state index in [1.165, 1.54) is 2.88 Å². The van der Waals surface area contributed by atoms with Gasteiger partial charge in [0.25, 0.3) is 0 Å². The Kier molecular flexibility index (Phi) is 3.58. The molecule has 0 fully saturated rings. The topological polar surface area (TPSA) is 17.1 Å². The molecule has 10 heavy (non-hydrogen) atoms. The van der Waals surface area contributed by atoms with E-state index in [1.54, 1.807) is 11.3 Å². The SMILES string of the molecule is O=C(CI)c1ccc(I)s1. The van der Waals surface area contributed by atoms with Gasteiger partial charge >= 0.3 is 0 Å². The summed E-state index contributed by atoms with van der Waals surface area (Å²) in [5.74, 6) is 0.230. The van der Waals surface area contributed by atoms with Crippen molar-refractivity contribution in [2.75, 3.05) is 4.43 Å². The molecule has 1 aromatic heterocycles. The summed E-state index contributed by atoms with van der Waals surface area (Å²) in [7, 11) is 0. The molecular weight excluding hydrogens is 374 g/mol. The van der Waals surface area contributed by atoms with E-state index in [-0.39, 0.29) is 5.78 Å². The molecule has 4 heteroatoms. The Balaban J connectivity index is 2.85. The van der Waals surface area contributed by atoms with E-state index in [2.05, 4.69) is 45.2 Å². The van der Waals surface area contributed by atoms with E-state index < -0.39 is 0 Å². The number of rotatable bonds is 2. The van der Waals surface area contributed by atoms with Crippen molar-refractivity contribution in [2.45, 2.75) is 0 Å². The molecule has 0 bridgehead atoms. The molecule has 1 aromatic rings. The second-order valence-corrected chi connectivity index (χ2v) is 5.40. The van der Waals surface area contributed by atoms with Gasteiger partial charge in [-0.15, -0.1) is 11.3 Å². The van der Waals surface area contributed by atoms with Gasteiger partial charge in [-0.3, -0.25) is 4.79 Å². The molecule has 0 aliphatic rings. The van der Waals surface area contributed by atoms with Crippen molar-refractivity contribution >= 4 is 62.3 Å². The Morgan fingerprint density at radius 3 is 2.70 bits per heavy atom. The first kappa shape index (κ1) is 8.92. The lowest BCUT2D eigenvalue weighted by atomic mass is 10.4. The highest BCUT2D eigenvalue weighted by molar-refractivity contribution is 14.1. The van der Waals surface area contributed by atoms with Gasteiger partial charge in [-0.05, 0) is 34.7 Å². The Morgan fingerprint density at radius 2 is 2.30 bits per heavy atom. The van der Waals surface area contributed by atoms with Crippen LogP contribution in [0.1, 0.15) is 9.67 Å². The predicted octanol–water partition coefficient (Wildman–Crippen LogP) is 2.97. The van der Waals surface area contributed by atoms with Crippen LogP contribution in [-0.2, 0) is 0 Å². The molecule has 0 spiro atoms. The average Bonchev–Trinajstić information content (AvgIpc) is 2.34. The number of hydrogen-bond donors (Lipinski definition) is 0. The summed E-state index contributed by atoms with van der Waals surface area (Å²) in [6, 6.07) is 3.85. The van der Waals surface area contributed by atoms with Crippen molar-refractivity contribution in [3.8, 4) is 0 Å². The minimum absolute atomic E-state index is 0.230. The zero-order chi connectivity index (χ0) is 7.56. The average molecular weight is 378 g/mol. The lowest BCUT2D eigenvalue weighted by molar-refractivity contribution is 0.102. The molecule has 0 N–H and O–H groups in total. The predicted molar refractivity (Wildman–Crippen MR) is 60.3 cm³/mol. The van der Waals surface area contributed by atoms with Crippen LogP contribution in [0, 0.1) is 2.88 Å². The Morgan fingerprint density at radius 1 is 1.60 bits per heavy atom. The molecule has 1 nitrogen and oxygen atoms in total. The zero-order valence-electron chi connectivity index (χ0n) is 4.93. The molecule has 0 aliphatic heterocycles. The molecular formula is C6H4I2OS. The van der Waals surface area contributed by atoms with E-state index in [9.17, 15) is 4.79 Å². The van der Waals surface area contributed by atoms with Gasteiger partial charge in [0.15, 0.2) is 5.78 Å². The molecule has 0 amide bonds. The Bertz CT molecular complexity index is 244. The van der Waals surface area contributed by atoms with Gasteiger partial charge in [-0.2, -0.15) is 0 Å². The fourth-order valence-corrected chi connectivity index (χ4v) is 2.76. The molecule has 1 heterocycles. The van der Waals surface area contributed by atoms with E-state index >= 15 is 0 Å². The van der Waals surface area contributed by atoms with E-state index in [0.717, 1.165) is 4.88 Å². The largest absolute Gasteiger partial charge is 0.292 e. The summed E-state index contributed by atoms with van der Waals surface area (Å²) >= 11 is 5.85. The first-order chi connectivity index (χ1) is 4.74. The second-order valence-electron chi connectivity index (χ2n) is 1.66. The van der Waals surface area contributed by atoms with Crippen LogP contribution in [0.4, 0.5) is 0 Å². The third-order valence-electron chi connectivity index (χ3n) is 0.969. The Hall–Kier alpha value is 0.830. The highest BCUT2D eigenvalue weighted by Gasteiger charge is 2.05. The maximum Gasteiger partial charge on any atom is 0.182 e. The van der Waals surface area contributed by atoms with Crippen LogP contribution in [0.2, 0.25) is 0 Å². The van der Waals surface area contributed by atoms with Gasteiger partial charge in [0.05, 0.1) is 12.2 Å². The van der Waals surface area contributed by atoms with Crippen molar-refractivity contribution in [3.05, 3.63) is 19.9 Å². The lowest BCUT2D eigenvalue weighted by Crippen LogP contribution is -1.94. The lowest BCUT2D eigenvalue weighted by Gasteiger charge is -1.85. The summed E-state index contributed by atoms with van der Waals surface area (Å²) in [5, 5.41) is 0. The van der Waals surface area contributed by atoms with Gasteiger partial charge in [0.1, 0.15) is 0 Å². The van der Waals surface area contributed by atoms with Crippen molar-refractivity contribution < 1.29 is 4.79 Å². The molecule has 0 saturated carbocycles. The highest BCUT2D eigenvalue weighted by atomic mass is 127. The molecule has 1 rings (SSSR count). The quantitative estimate of drug-likeness (QED) is 0.440. The number of thiophene rings is 1. The number of alkyl halides is 1. The second kappa shape index (κ2) is 4.01. The molecule has 0 saturated heterocycles. The maximum atomic E-state index is 11.0. The first-order valence-corrected chi connectivity index (χ1v) is 6.00. The number of Topliss-reactive ketones (excluding diaryl/α,β-unsaturated/α-hetero) is 1. The van der Waals surface area contributed by atoms with Gasteiger partial charge < -0.3 is 0 Å². The van der Waals surface area contributed by atoms with Gasteiger partial charge in [0, 0.05) is 0 Å². The smallest absolute Gasteiger partial charge is 0.182 e. The standard InChI is InChI=1S/C6H4I2OS/c7-3-4(9)5-1-2-6(8)10-5/h1-2H,3H2. The van der Waals surface area contributed by atoms with Gasteiger partial charge in [-0.1, -0.05) is 22.6 Å². The summed E-state index contributed by atoms with van der Waals surface area (Å²) < 4.78 is 1.75. The number of carbonyl (C=O) groups is 1. The first-order valence-electron chi connectivity index (χ1n) is 2.58. The number of ketones is 1. The summed E-state index contributed by atoms with van der Waals surface area (Å²) in [6.45, 7) is 0. The molecule has 0 aliphatic carbocycles. The highest BCUT2D eigenvalue weighted by Crippen LogP contribution is 2.18. The van der Waals surface area contributed by atoms with E-state index in [0.29, 0.717) is 4.43 Å². The Labute approximate surface area is 90.5 Å². The number of hydrogen-bond acceptors (Lipinski definition) is 2. The summed E-state index contributed by atoms with van der Waals surface area (Å²) in [4.78, 5) is 11.9. The van der Waals surface area contributed by atoms with E-state index in [4.69, 9.17) is 0 Å².